The number of thiophene rings is 1. The van der Waals surface area contributed by atoms with Gasteiger partial charge < -0.3 is 10.6 Å². The van der Waals surface area contributed by atoms with Crippen molar-refractivity contribution in [2.24, 2.45) is 0 Å². The van der Waals surface area contributed by atoms with Crippen LogP contribution in [-0.4, -0.2) is 15.9 Å². The summed E-state index contributed by atoms with van der Waals surface area (Å²) >= 11 is 19.8. The molecule has 0 saturated carbocycles. The van der Waals surface area contributed by atoms with Crippen LogP contribution in [0.15, 0.2) is 24.3 Å². The molecule has 1 heterocycles. The second kappa shape index (κ2) is 8.28. The van der Waals surface area contributed by atoms with E-state index < -0.39 is 9.96 Å². The van der Waals surface area contributed by atoms with E-state index in [9.17, 15) is 10.1 Å². The molecule has 0 unspecified atom stereocenters. The first-order chi connectivity index (χ1) is 12.8. The summed E-state index contributed by atoms with van der Waals surface area (Å²) < 4.78 is -1.79. The van der Waals surface area contributed by atoms with E-state index >= 15 is 0 Å². The van der Waals surface area contributed by atoms with Gasteiger partial charge in [0.1, 0.15) is 17.2 Å². The van der Waals surface area contributed by atoms with Crippen LogP contribution in [0.25, 0.3) is 0 Å². The molecule has 3 rings (SSSR count). The molecule has 27 heavy (non-hydrogen) atoms. The van der Waals surface area contributed by atoms with Crippen LogP contribution in [-0.2, 0) is 12.8 Å². The van der Waals surface area contributed by atoms with Crippen molar-refractivity contribution in [3.8, 4) is 6.07 Å². The zero-order chi connectivity index (χ0) is 19.6. The second-order valence-electron chi connectivity index (χ2n) is 6.49. The molecule has 2 aromatic rings. The lowest BCUT2D eigenvalue weighted by molar-refractivity contribution is 0.0942. The molecule has 0 saturated heterocycles. The van der Waals surface area contributed by atoms with Crippen molar-refractivity contribution >= 4 is 57.0 Å². The molecule has 1 aromatic heterocycles. The number of benzene rings is 1. The highest BCUT2D eigenvalue weighted by molar-refractivity contribution is 7.16. The molecular formula is C19H18Cl3N3OS. The molecule has 1 amide bonds. The molecule has 1 aliphatic carbocycles. The number of alkyl halides is 3. The minimum atomic E-state index is -1.79. The number of aryl methyl sites for hydroxylation is 2. The Hall–Kier alpha value is -1.45. The lowest BCUT2D eigenvalue weighted by Gasteiger charge is -2.27. The van der Waals surface area contributed by atoms with Crippen LogP contribution in [0.5, 0.6) is 0 Å². The molecule has 1 aromatic carbocycles. The van der Waals surface area contributed by atoms with E-state index in [0.29, 0.717) is 16.1 Å². The number of fused-ring (bicyclic) bond motifs is 1. The average molecular weight is 443 g/mol. The van der Waals surface area contributed by atoms with Gasteiger partial charge in [0.15, 0.2) is 0 Å². The predicted octanol–water partition coefficient (Wildman–Crippen LogP) is 5.35. The van der Waals surface area contributed by atoms with Crippen molar-refractivity contribution in [3.63, 3.8) is 0 Å². The minimum Gasteiger partial charge on any atom is -0.352 e. The van der Waals surface area contributed by atoms with Crippen LogP contribution in [0.3, 0.4) is 0 Å². The minimum absolute atomic E-state index is 0.362. The summed E-state index contributed by atoms with van der Waals surface area (Å²) in [6.45, 7) is 1.94. The highest BCUT2D eigenvalue weighted by Crippen LogP contribution is 2.40. The molecule has 2 N–H and O–H groups in total. The van der Waals surface area contributed by atoms with Crippen LogP contribution >= 0.6 is 46.1 Å². The fraction of sp³-hybridized carbons (Fsp3) is 0.368. The van der Waals surface area contributed by atoms with Gasteiger partial charge in [0.2, 0.25) is 3.79 Å². The van der Waals surface area contributed by atoms with Crippen LogP contribution < -0.4 is 10.6 Å². The average Bonchev–Trinajstić information content (AvgIpc) is 2.98. The molecule has 0 spiro atoms. The summed E-state index contributed by atoms with van der Waals surface area (Å²) in [4.78, 5) is 13.8. The Morgan fingerprint density at radius 1 is 1.22 bits per heavy atom. The summed E-state index contributed by atoms with van der Waals surface area (Å²) in [5, 5.41) is 16.0. The van der Waals surface area contributed by atoms with Gasteiger partial charge in [-0.25, -0.2) is 0 Å². The first-order valence-electron chi connectivity index (χ1n) is 8.55. The predicted molar refractivity (Wildman–Crippen MR) is 112 cm³/mol. The summed E-state index contributed by atoms with van der Waals surface area (Å²) in [6, 6.07) is 9.37. The van der Waals surface area contributed by atoms with E-state index in [2.05, 4.69) is 16.7 Å². The van der Waals surface area contributed by atoms with Gasteiger partial charge in [0.25, 0.3) is 5.91 Å². The van der Waals surface area contributed by atoms with Crippen molar-refractivity contribution in [3.05, 3.63) is 51.4 Å². The van der Waals surface area contributed by atoms with Crippen LogP contribution in [0.4, 0.5) is 5.00 Å². The quantitative estimate of drug-likeness (QED) is 0.496. The number of anilines is 1. The number of hydrogen-bond acceptors (Lipinski definition) is 4. The summed E-state index contributed by atoms with van der Waals surface area (Å²) in [5.41, 5.74) is 3.17. The maximum Gasteiger partial charge on any atom is 0.252 e. The topological polar surface area (TPSA) is 64.9 Å². The summed E-state index contributed by atoms with van der Waals surface area (Å²) in [5.74, 6) is -0.362. The Morgan fingerprint density at radius 3 is 2.52 bits per heavy atom. The molecule has 1 atom stereocenters. The Balaban J connectivity index is 1.84. The maximum atomic E-state index is 12.6. The zero-order valence-corrected chi connectivity index (χ0v) is 17.7. The Bertz CT molecular complexity index is 881. The van der Waals surface area contributed by atoms with Gasteiger partial charge in [-0.1, -0.05) is 52.5 Å². The van der Waals surface area contributed by atoms with Crippen molar-refractivity contribution in [2.75, 3.05) is 5.32 Å². The molecule has 142 valence electrons. The third-order valence-electron chi connectivity index (χ3n) is 4.48. The number of amides is 1. The highest BCUT2D eigenvalue weighted by atomic mass is 35.6. The van der Waals surface area contributed by atoms with Crippen molar-refractivity contribution in [1.82, 2.24) is 5.32 Å². The van der Waals surface area contributed by atoms with Gasteiger partial charge in [-0.3, -0.25) is 4.79 Å². The Morgan fingerprint density at radius 2 is 1.89 bits per heavy atom. The molecule has 0 aliphatic heterocycles. The summed E-state index contributed by atoms with van der Waals surface area (Å²) in [6.07, 6.45) is 3.02. The van der Waals surface area contributed by atoms with Gasteiger partial charge in [-0.15, -0.1) is 11.3 Å². The van der Waals surface area contributed by atoms with E-state index in [4.69, 9.17) is 34.8 Å². The third kappa shape index (κ3) is 4.70. The second-order valence-corrected chi connectivity index (χ2v) is 9.96. The third-order valence-corrected chi connectivity index (χ3v) is 6.35. The fourth-order valence-electron chi connectivity index (χ4n) is 3.04. The SMILES string of the molecule is Cc1ccc(C(=O)N[C@@H](Nc2sc3c(c2C#N)CCCC3)C(Cl)(Cl)Cl)cc1. The molecule has 8 heteroatoms. The number of rotatable bonds is 4. The highest BCUT2D eigenvalue weighted by Gasteiger charge is 2.36. The lowest BCUT2D eigenvalue weighted by atomic mass is 9.96. The standard InChI is InChI=1S/C19H18Cl3N3OS/c1-11-6-8-12(9-7-11)16(26)24-18(19(20,21)22)25-17-14(10-23)13-4-2-3-5-15(13)27-17/h6-9,18,25H,2-5H2,1H3,(H,24,26)/t18-/m0/s1. The molecule has 0 radical (unpaired) electrons. The lowest BCUT2D eigenvalue weighted by Crippen LogP contribution is -2.49. The molecule has 4 nitrogen and oxygen atoms in total. The number of hydrogen-bond donors (Lipinski definition) is 2. The first kappa shape index (κ1) is 20.3. The number of carbonyl (C=O) groups is 1. The number of nitrogens with zero attached hydrogens (tertiary/aromatic N) is 1. The van der Waals surface area contributed by atoms with Gasteiger partial charge in [-0.2, -0.15) is 5.26 Å². The monoisotopic (exact) mass is 441 g/mol. The van der Waals surface area contributed by atoms with Gasteiger partial charge in [-0.05, 0) is 50.3 Å². The number of nitrogens with one attached hydrogen (secondary N) is 2. The van der Waals surface area contributed by atoms with E-state index in [1.165, 1.54) is 16.2 Å². The normalized spacial score (nSPS) is 14.8. The van der Waals surface area contributed by atoms with E-state index in [0.717, 1.165) is 36.8 Å². The first-order valence-corrected chi connectivity index (χ1v) is 10.5. The summed E-state index contributed by atoms with van der Waals surface area (Å²) in [7, 11) is 0. The van der Waals surface area contributed by atoms with E-state index in [1.54, 1.807) is 12.1 Å². The number of carbonyl (C=O) groups excluding carboxylic acids is 1. The van der Waals surface area contributed by atoms with Crippen molar-refractivity contribution in [1.29, 1.82) is 5.26 Å². The van der Waals surface area contributed by atoms with E-state index in [1.807, 2.05) is 19.1 Å². The number of halogens is 3. The zero-order valence-electron chi connectivity index (χ0n) is 14.6. The Kier molecular flexibility index (Phi) is 6.22. The molecule has 0 bridgehead atoms. The van der Waals surface area contributed by atoms with Gasteiger partial charge >= 0.3 is 0 Å². The molecule has 0 fully saturated rings. The smallest absolute Gasteiger partial charge is 0.252 e. The van der Waals surface area contributed by atoms with Gasteiger partial charge in [0.05, 0.1) is 5.56 Å². The maximum absolute atomic E-state index is 12.6. The van der Waals surface area contributed by atoms with E-state index in [-0.39, 0.29) is 5.91 Å². The Labute approximate surface area is 177 Å². The van der Waals surface area contributed by atoms with Crippen LogP contribution in [0.2, 0.25) is 0 Å². The van der Waals surface area contributed by atoms with Crippen LogP contribution in [0, 0.1) is 18.3 Å². The number of nitriles is 1. The van der Waals surface area contributed by atoms with Crippen molar-refractivity contribution in [2.45, 2.75) is 42.6 Å². The van der Waals surface area contributed by atoms with Gasteiger partial charge in [0, 0.05) is 10.4 Å². The molecular weight excluding hydrogens is 425 g/mol. The largest absolute Gasteiger partial charge is 0.352 e. The molecule has 1 aliphatic rings. The fourth-order valence-corrected chi connectivity index (χ4v) is 4.63. The van der Waals surface area contributed by atoms with Crippen molar-refractivity contribution < 1.29 is 4.79 Å². The van der Waals surface area contributed by atoms with Crippen LogP contribution in [0.1, 0.15) is 44.8 Å².